The first-order valence-corrected chi connectivity index (χ1v) is 5.23. The molecule has 5 nitrogen and oxygen atoms in total. The van der Waals surface area contributed by atoms with Crippen LogP contribution in [-0.2, 0) is 11.3 Å². The van der Waals surface area contributed by atoms with Gasteiger partial charge in [-0.25, -0.2) is 4.98 Å². The van der Waals surface area contributed by atoms with Crippen LogP contribution in [0.3, 0.4) is 0 Å². The minimum Gasteiger partial charge on any atom is -0.369 e. The van der Waals surface area contributed by atoms with Crippen molar-refractivity contribution < 1.29 is 4.79 Å². The highest BCUT2D eigenvalue weighted by atomic mass is 79.9. The minimum absolute atomic E-state index is 0.199. The van der Waals surface area contributed by atoms with Crippen molar-refractivity contribution in [2.45, 2.75) is 20.4 Å². The number of nitrogens with two attached hydrogens (primary N) is 1. The fourth-order valence-electron chi connectivity index (χ4n) is 1.06. The summed E-state index contributed by atoms with van der Waals surface area (Å²) in [5.74, 6) is -0.822. The van der Waals surface area contributed by atoms with E-state index >= 15 is 0 Å². The second-order valence-electron chi connectivity index (χ2n) is 3.40. The van der Waals surface area contributed by atoms with E-state index in [1.807, 2.05) is 0 Å². The summed E-state index contributed by atoms with van der Waals surface area (Å²) in [6.07, 6.45) is 1.42. The third-order valence-corrected chi connectivity index (χ3v) is 3.03. The van der Waals surface area contributed by atoms with Crippen LogP contribution in [0, 0.1) is 12.8 Å². The molecule has 0 spiro atoms. The molecule has 0 aliphatic carbocycles. The van der Waals surface area contributed by atoms with Gasteiger partial charge in [-0.05, 0) is 22.9 Å². The van der Waals surface area contributed by atoms with Gasteiger partial charge in [0.2, 0.25) is 5.91 Å². The van der Waals surface area contributed by atoms with E-state index in [2.05, 4.69) is 20.9 Å². The molecule has 1 unspecified atom stereocenters. The van der Waals surface area contributed by atoms with E-state index in [1.165, 1.54) is 10.9 Å². The standard InChI is InChI=1S/C9H12BrN3O2/c1-5(8(11)14)3-13-4-12-6(2)7(10)9(13)15/h4-5H,3H2,1-2H3,(H2,11,14). The van der Waals surface area contributed by atoms with Gasteiger partial charge >= 0.3 is 0 Å². The first-order valence-electron chi connectivity index (χ1n) is 4.44. The molecule has 0 aromatic carbocycles. The lowest BCUT2D eigenvalue weighted by Crippen LogP contribution is -2.30. The molecule has 2 N–H and O–H groups in total. The molecule has 1 rings (SSSR count). The van der Waals surface area contributed by atoms with Crippen LogP contribution < -0.4 is 11.3 Å². The lowest BCUT2D eigenvalue weighted by molar-refractivity contribution is -0.121. The molecule has 82 valence electrons. The Labute approximate surface area is 95.4 Å². The summed E-state index contributed by atoms with van der Waals surface area (Å²) in [6, 6.07) is 0. The third-order valence-electron chi connectivity index (χ3n) is 2.11. The second kappa shape index (κ2) is 4.57. The number of amides is 1. The Bertz CT molecular complexity index is 441. The highest BCUT2D eigenvalue weighted by Gasteiger charge is 2.12. The lowest BCUT2D eigenvalue weighted by Gasteiger charge is -2.10. The highest BCUT2D eigenvalue weighted by molar-refractivity contribution is 9.10. The van der Waals surface area contributed by atoms with E-state index < -0.39 is 5.91 Å². The van der Waals surface area contributed by atoms with Crippen molar-refractivity contribution in [2.24, 2.45) is 11.7 Å². The van der Waals surface area contributed by atoms with Gasteiger partial charge in [-0.3, -0.25) is 14.2 Å². The first kappa shape index (κ1) is 11.9. The van der Waals surface area contributed by atoms with Crippen molar-refractivity contribution in [1.82, 2.24) is 9.55 Å². The second-order valence-corrected chi connectivity index (χ2v) is 4.20. The summed E-state index contributed by atoms with van der Waals surface area (Å²) < 4.78 is 1.79. The van der Waals surface area contributed by atoms with Crippen LogP contribution in [0.2, 0.25) is 0 Å². The van der Waals surface area contributed by atoms with Gasteiger partial charge in [0.25, 0.3) is 5.56 Å². The van der Waals surface area contributed by atoms with Gasteiger partial charge in [0.1, 0.15) is 4.47 Å². The molecule has 0 bridgehead atoms. The quantitative estimate of drug-likeness (QED) is 0.868. The molecular weight excluding hydrogens is 262 g/mol. The number of carbonyl (C=O) groups is 1. The Balaban J connectivity index is 3.02. The van der Waals surface area contributed by atoms with Crippen LogP contribution in [0.25, 0.3) is 0 Å². The van der Waals surface area contributed by atoms with Crippen molar-refractivity contribution >= 4 is 21.8 Å². The Morgan fingerprint density at radius 1 is 1.73 bits per heavy atom. The van der Waals surface area contributed by atoms with Gasteiger partial charge in [-0.15, -0.1) is 0 Å². The SMILES string of the molecule is Cc1ncn(CC(C)C(N)=O)c(=O)c1Br. The molecule has 0 radical (unpaired) electrons. The number of hydrogen-bond donors (Lipinski definition) is 1. The van der Waals surface area contributed by atoms with Crippen molar-refractivity contribution in [3.8, 4) is 0 Å². The summed E-state index contributed by atoms with van der Waals surface area (Å²) in [4.78, 5) is 26.5. The van der Waals surface area contributed by atoms with Crippen LogP contribution in [-0.4, -0.2) is 15.5 Å². The number of nitrogens with zero attached hydrogens (tertiary/aromatic N) is 2. The molecule has 1 atom stereocenters. The zero-order chi connectivity index (χ0) is 11.6. The zero-order valence-electron chi connectivity index (χ0n) is 8.53. The summed E-state index contributed by atoms with van der Waals surface area (Å²) in [6.45, 7) is 3.65. The summed E-state index contributed by atoms with van der Waals surface area (Å²) in [5, 5.41) is 0. The smallest absolute Gasteiger partial charge is 0.267 e. The number of rotatable bonds is 3. The first-order chi connectivity index (χ1) is 6.93. The molecule has 0 fully saturated rings. The monoisotopic (exact) mass is 273 g/mol. The molecule has 1 heterocycles. The fourth-order valence-corrected chi connectivity index (χ4v) is 1.39. The number of hydrogen-bond acceptors (Lipinski definition) is 3. The molecule has 0 saturated heterocycles. The molecule has 15 heavy (non-hydrogen) atoms. The van der Waals surface area contributed by atoms with E-state index in [-0.39, 0.29) is 18.0 Å². The van der Waals surface area contributed by atoms with Crippen LogP contribution in [0.15, 0.2) is 15.6 Å². The Morgan fingerprint density at radius 3 is 2.87 bits per heavy atom. The molecule has 1 aromatic heterocycles. The average molecular weight is 274 g/mol. The fraction of sp³-hybridized carbons (Fsp3) is 0.444. The molecule has 0 aliphatic heterocycles. The van der Waals surface area contributed by atoms with Crippen molar-refractivity contribution in [1.29, 1.82) is 0 Å². The molecule has 1 aromatic rings. The van der Waals surface area contributed by atoms with Crippen LogP contribution in [0.1, 0.15) is 12.6 Å². The average Bonchev–Trinajstić information content (AvgIpc) is 2.18. The normalized spacial score (nSPS) is 12.5. The van der Waals surface area contributed by atoms with Crippen molar-refractivity contribution in [3.63, 3.8) is 0 Å². The predicted octanol–water partition coefficient (Wildman–Crippen LogP) is 0.436. The van der Waals surface area contributed by atoms with E-state index in [9.17, 15) is 9.59 Å². The molecule has 1 amide bonds. The molecule has 6 heteroatoms. The van der Waals surface area contributed by atoms with Gasteiger partial charge in [0.05, 0.1) is 17.9 Å². The van der Waals surface area contributed by atoms with Gasteiger partial charge in [0, 0.05) is 6.54 Å². The minimum atomic E-state index is -0.432. The lowest BCUT2D eigenvalue weighted by atomic mass is 10.2. The van der Waals surface area contributed by atoms with E-state index in [1.54, 1.807) is 13.8 Å². The Kier molecular flexibility index (Phi) is 3.62. The van der Waals surface area contributed by atoms with Gasteiger partial charge in [-0.1, -0.05) is 6.92 Å². The van der Waals surface area contributed by atoms with E-state index in [0.29, 0.717) is 10.2 Å². The van der Waals surface area contributed by atoms with Crippen molar-refractivity contribution in [3.05, 3.63) is 26.8 Å². The van der Waals surface area contributed by atoms with Crippen LogP contribution in [0.5, 0.6) is 0 Å². The number of primary amides is 1. The topological polar surface area (TPSA) is 78.0 Å². The maximum atomic E-state index is 11.7. The maximum absolute atomic E-state index is 11.7. The Morgan fingerprint density at radius 2 is 2.33 bits per heavy atom. The number of halogens is 1. The zero-order valence-corrected chi connectivity index (χ0v) is 10.1. The summed E-state index contributed by atoms with van der Waals surface area (Å²) >= 11 is 3.14. The van der Waals surface area contributed by atoms with Crippen LogP contribution in [0.4, 0.5) is 0 Å². The molecule has 0 aliphatic rings. The summed E-state index contributed by atoms with van der Waals surface area (Å²) in [7, 11) is 0. The van der Waals surface area contributed by atoms with Gasteiger partial charge in [-0.2, -0.15) is 0 Å². The van der Waals surface area contributed by atoms with Crippen molar-refractivity contribution in [2.75, 3.05) is 0 Å². The largest absolute Gasteiger partial charge is 0.369 e. The van der Waals surface area contributed by atoms with Gasteiger partial charge in [0.15, 0.2) is 0 Å². The molecular formula is C9H12BrN3O2. The van der Waals surface area contributed by atoms with Crippen LogP contribution >= 0.6 is 15.9 Å². The predicted molar refractivity (Wildman–Crippen MR) is 59.3 cm³/mol. The van der Waals surface area contributed by atoms with Gasteiger partial charge < -0.3 is 5.73 Å². The third kappa shape index (κ3) is 2.65. The number of carbonyl (C=O) groups excluding carboxylic acids is 1. The maximum Gasteiger partial charge on any atom is 0.267 e. The molecule has 0 saturated carbocycles. The highest BCUT2D eigenvalue weighted by Crippen LogP contribution is 2.07. The Hall–Kier alpha value is -1.17. The van der Waals surface area contributed by atoms with E-state index in [0.717, 1.165) is 0 Å². The van der Waals surface area contributed by atoms with E-state index in [4.69, 9.17) is 5.73 Å². The number of aromatic nitrogens is 2. The number of aryl methyl sites for hydroxylation is 1. The summed E-state index contributed by atoms with van der Waals surface area (Å²) in [5.41, 5.74) is 5.54.